The molecule has 0 spiro atoms. The van der Waals surface area contributed by atoms with Crippen LogP contribution in [-0.2, 0) is 26.0 Å². The maximum Gasteiger partial charge on any atom is 0.410 e. The minimum atomic E-state index is -3.57. The molecule has 1 N–H and O–H groups in total. The number of aromatic nitrogens is 3. The van der Waals surface area contributed by atoms with E-state index in [9.17, 15) is 13.2 Å². The average Bonchev–Trinajstić information content (AvgIpc) is 3.29. The predicted molar refractivity (Wildman–Crippen MR) is 176 cm³/mol. The Morgan fingerprint density at radius 1 is 1.18 bits per heavy atom. The van der Waals surface area contributed by atoms with Crippen molar-refractivity contribution in [1.82, 2.24) is 24.8 Å². The highest BCUT2D eigenvalue weighted by Crippen LogP contribution is 2.40. The number of carbonyl (C=O) groups excluding carboxylic acids is 1. The van der Waals surface area contributed by atoms with E-state index in [-0.39, 0.29) is 23.7 Å². The minimum Gasteiger partial charge on any atom is -0.480 e. The van der Waals surface area contributed by atoms with Gasteiger partial charge in [-0.25, -0.2) is 28.2 Å². The number of fused-ring (bicyclic) bond motifs is 1. The van der Waals surface area contributed by atoms with Crippen LogP contribution in [0.5, 0.6) is 5.88 Å². The second kappa shape index (κ2) is 13.2. The molecular weight excluding hydrogens is 619 g/mol. The van der Waals surface area contributed by atoms with Gasteiger partial charge in [-0.1, -0.05) is 0 Å². The van der Waals surface area contributed by atoms with Crippen molar-refractivity contribution in [3.63, 3.8) is 0 Å². The number of pyridine rings is 1. The molecule has 2 saturated heterocycles. The molecule has 246 valence electrons. The molecule has 0 atom stereocenters. The second-order valence-electron chi connectivity index (χ2n) is 12.5. The number of carbonyl (C=O) groups is 1. The number of morpholine rings is 1. The molecule has 3 aromatic rings. The molecule has 0 radical (unpaired) electrons. The van der Waals surface area contributed by atoms with E-state index < -0.39 is 15.6 Å². The van der Waals surface area contributed by atoms with Crippen molar-refractivity contribution >= 4 is 49.3 Å². The number of thiophene rings is 1. The number of aryl methyl sites for hydroxylation is 1. The first-order valence-corrected chi connectivity index (χ1v) is 17.8. The lowest BCUT2D eigenvalue weighted by atomic mass is 10.0. The maximum atomic E-state index is 12.6. The summed E-state index contributed by atoms with van der Waals surface area (Å²) in [5.41, 5.74) is 3.07. The maximum absolute atomic E-state index is 12.6. The molecule has 2 aliphatic heterocycles. The highest BCUT2D eigenvalue weighted by atomic mass is 32.2. The summed E-state index contributed by atoms with van der Waals surface area (Å²) in [5.74, 6) is 0.776. The summed E-state index contributed by atoms with van der Waals surface area (Å²) in [6.45, 7) is 12.7. The van der Waals surface area contributed by atoms with E-state index in [4.69, 9.17) is 24.2 Å². The van der Waals surface area contributed by atoms with Crippen LogP contribution in [0.4, 0.5) is 16.4 Å². The van der Waals surface area contributed by atoms with E-state index in [1.54, 1.807) is 28.5 Å². The molecule has 0 aliphatic carbocycles. The molecule has 15 heteroatoms. The van der Waals surface area contributed by atoms with Crippen LogP contribution < -0.4 is 14.4 Å². The molecule has 3 aromatic heterocycles. The van der Waals surface area contributed by atoms with Crippen molar-refractivity contribution < 1.29 is 27.4 Å². The molecule has 2 fully saturated rings. The molecule has 5 heterocycles. The van der Waals surface area contributed by atoms with Gasteiger partial charge in [0.05, 0.1) is 42.5 Å². The number of methoxy groups -OCH3 is 1. The summed E-state index contributed by atoms with van der Waals surface area (Å²) in [5, 5.41) is 0. The normalized spacial score (nSPS) is 17.0. The number of hydrogen-bond acceptors (Lipinski definition) is 12. The molecular formula is C30H43N7O6S2. The zero-order valence-corrected chi connectivity index (χ0v) is 28.7. The highest BCUT2D eigenvalue weighted by molar-refractivity contribution is 7.92. The summed E-state index contributed by atoms with van der Waals surface area (Å²) in [6, 6.07) is 1.83. The Hall–Kier alpha value is -3.27. The Kier molecular flexibility index (Phi) is 9.73. The Bertz CT molecular complexity index is 1640. The van der Waals surface area contributed by atoms with E-state index in [1.165, 1.54) is 7.11 Å². The fourth-order valence-electron chi connectivity index (χ4n) is 5.60. The number of ether oxygens (including phenoxy) is 3. The van der Waals surface area contributed by atoms with Gasteiger partial charge in [0.1, 0.15) is 11.3 Å². The first kappa shape index (κ1) is 33.1. The average molecular weight is 662 g/mol. The predicted octanol–water partition coefficient (Wildman–Crippen LogP) is 4.11. The molecule has 13 nitrogen and oxygen atoms in total. The first-order chi connectivity index (χ1) is 21.2. The van der Waals surface area contributed by atoms with Crippen LogP contribution >= 0.6 is 11.3 Å². The SMILES string of the molecule is COc1ncc(-c2nc(N3CCOCC3)nc3c(CN4CCC(N(C)C(=O)OC(C)(C)C)CC4)c(C)sc23)cc1NS(C)(=O)=O. The number of hydrogen-bond donors (Lipinski definition) is 1. The van der Waals surface area contributed by atoms with Crippen LogP contribution in [0.1, 0.15) is 44.1 Å². The summed E-state index contributed by atoms with van der Waals surface area (Å²) in [6.07, 6.45) is 4.15. The first-order valence-electron chi connectivity index (χ1n) is 15.1. The van der Waals surface area contributed by atoms with Crippen LogP contribution in [0, 0.1) is 6.92 Å². The van der Waals surface area contributed by atoms with Crippen molar-refractivity contribution in [1.29, 1.82) is 0 Å². The zero-order chi connectivity index (χ0) is 32.5. The zero-order valence-electron chi connectivity index (χ0n) is 27.0. The Morgan fingerprint density at radius 3 is 2.49 bits per heavy atom. The monoisotopic (exact) mass is 661 g/mol. The molecule has 0 aromatic carbocycles. The van der Waals surface area contributed by atoms with Gasteiger partial charge in [0.15, 0.2) is 0 Å². The largest absolute Gasteiger partial charge is 0.480 e. The van der Waals surface area contributed by atoms with Gasteiger partial charge in [-0.2, -0.15) is 0 Å². The van der Waals surface area contributed by atoms with Crippen molar-refractivity contribution in [2.24, 2.45) is 0 Å². The van der Waals surface area contributed by atoms with Gasteiger partial charge in [-0.3, -0.25) is 9.62 Å². The number of sulfonamides is 1. The van der Waals surface area contributed by atoms with E-state index >= 15 is 0 Å². The van der Waals surface area contributed by atoms with Crippen LogP contribution in [0.15, 0.2) is 12.3 Å². The van der Waals surface area contributed by atoms with Crippen LogP contribution in [-0.4, -0.2) is 111 Å². The minimum absolute atomic E-state index is 0.121. The number of anilines is 2. The van der Waals surface area contributed by atoms with Crippen molar-refractivity contribution in [3.05, 3.63) is 22.7 Å². The van der Waals surface area contributed by atoms with Gasteiger partial charge in [0.2, 0.25) is 21.9 Å². The second-order valence-corrected chi connectivity index (χ2v) is 15.5. The van der Waals surface area contributed by atoms with Gasteiger partial charge in [-0.15, -0.1) is 11.3 Å². The molecule has 5 rings (SSSR count). The van der Waals surface area contributed by atoms with E-state index in [0.29, 0.717) is 43.5 Å². The number of nitrogens with one attached hydrogen (secondary N) is 1. The van der Waals surface area contributed by atoms with Gasteiger partial charge < -0.3 is 24.0 Å². The highest BCUT2D eigenvalue weighted by Gasteiger charge is 2.30. The number of nitrogens with zero attached hydrogens (tertiary/aromatic N) is 6. The lowest BCUT2D eigenvalue weighted by Gasteiger charge is -2.37. The number of amides is 1. The number of likely N-dealkylation sites (tertiary alicyclic amines) is 1. The Balaban J connectivity index is 1.46. The molecule has 0 saturated carbocycles. The Morgan fingerprint density at radius 2 is 1.87 bits per heavy atom. The van der Waals surface area contributed by atoms with Crippen LogP contribution in [0.2, 0.25) is 0 Å². The smallest absolute Gasteiger partial charge is 0.410 e. The molecule has 0 bridgehead atoms. The lowest BCUT2D eigenvalue weighted by Crippen LogP contribution is -2.46. The Labute approximate surface area is 268 Å². The van der Waals surface area contributed by atoms with Crippen LogP contribution in [0.25, 0.3) is 21.5 Å². The number of piperidine rings is 1. The summed E-state index contributed by atoms with van der Waals surface area (Å²) in [4.78, 5) is 34.6. The number of rotatable bonds is 8. The van der Waals surface area contributed by atoms with E-state index in [0.717, 1.165) is 59.4 Å². The standard InChI is InChI=1S/C30H43N7O6S2/c1-19-22(18-36-10-8-21(9-11-36)35(5)29(38)43-30(2,3)4)25-26(44-19)24(32-28(33-25)37-12-14-42-15-13-37)20-16-23(34-45(7,39)40)27(41-6)31-17-20/h16-17,21,34H,8-15,18H2,1-7H3. The summed E-state index contributed by atoms with van der Waals surface area (Å²) >= 11 is 1.63. The van der Waals surface area contributed by atoms with Crippen molar-refractivity contribution in [2.45, 2.75) is 58.7 Å². The van der Waals surface area contributed by atoms with Crippen LogP contribution in [0.3, 0.4) is 0 Å². The van der Waals surface area contributed by atoms with Crippen molar-refractivity contribution in [2.75, 3.05) is 69.4 Å². The lowest BCUT2D eigenvalue weighted by molar-refractivity contribution is 0.0149. The topological polar surface area (TPSA) is 139 Å². The molecule has 0 unspecified atom stereocenters. The van der Waals surface area contributed by atoms with E-state index in [1.807, 2.05) is 27.8 Å². The molecule has 1 amide bonds. The van der Waals surface area contributed by atoms with Crippen molar-refractivity contribution in [3.8, 4) is 17.1 Å². The summed E-state index contributed by atoms with van der Waals surface area (Å²) in [7, 11) is -0.307. The third kappa shape index (κ3) is 7.94. The van der Waals surface area contributed by atoms with Gasteiger partial charge in [-0.05, 0) is 46.6 Å². The van der Waals surface area contributed by atoms with Gasteiger partial charge in [0, 0.05) is 68.0 Å². The van der Waals surface area contributed by atoms with Gasteiger partial charge >= 0.3 is 6.09 Å². The third-order valence-corrected chi connectivity index (χ3v) is 9.63. The molecule has 2 aliphatic rings. The quantitative estimate of drug-likeness (QED) is 0.373. The summed E-state index contributed by atoms with van der Waals surface area (Å²) < 4.78 is 44.1. The molecule has 45 heavy (non-hydrogen) atoms. The fraction of sp³-hybridized carbons (Fsp3) is 0.600. The van der Waals surface area contributed by atoms with Gasteiger partial charge in [0.25, 0.3) is 0 Å². The van der Waals surface area contributed by atoms with E-state index in [2.05, 4.69) is 26.4 Å². The third-order valence-electron chi connectivity index (χ3n) is 7.89. The fourth-order valence-corrected chi connectivity index (χ4v) is 7.26.